The maximum Gasteiger partial charge on any atom is 0.212 e. The molecule has 2 heterocycles. The van der Waals surface area contributed by atoms with Crippen molar-refractivity contribution in [2.45, 2.75) is 26.3 Å². The first-order valence-electron chi connectivity index (χ1n) is 6.72. The quantitative estimate of drug-likeness (QED) is 0.806. The minimum Gasteiger partial charge on any atom is -0.493 e. The van der Waals surface area contributed by atoms with Crippen LogP contribution in [0.25, 0.3) is 0 Å². The molecular weight excluding hydrogens is 320 g/mol. The predicted octanol–water partition coefficient (Wildman–Crippen LogP) is 3.22. The molecule has 0 radical (unpaired) electrons. The van der Waals surface area contributed by atoms with Crippen LogP contribution in [0, 0.1) is 0 Å². The molecule has 1 aromatic carbocycles. The van der Waals surface area contributed by atoms with Crippen LogP contribution in [0.15, 0.2) is 28.9 Å². The number of benzene rings is 1. The van der Waals surface area contributed by atoms with Crippen molar-refractivity contribution in [2.24, 2.45) is 0 Å². The van der Waals surface area contributed by atoms with Crippen LogP contribution in [-0.2, 0) is 13.0 Å². The van der Waals surface area contributed by atoms with Gasteiger partial charge in [-0.15, -0.1) is 0 Å². The molecule has 0 amide bonds. The van der Waals surface area contributed by atoms with Gasteiger partial charge in [-0.25, -0.2) is 0 Å². The number of halogens is 1. The minimum absolute atomic E-state index is 0.00229. The Hall–Kier alpha value is -1.62. The average molecular weight is 335 g/mol. The number of ketones is 1. The molecule has 20 heavy (non-hydrogen) atoms. The monoisotopic (exact) mass is 334 g/mol. The fraction of sp³-hybridized carbons (Fsp3) is 0.333. The third-order valence-electron chi connectivity index (χ3n) is 3.40. The number of hydrogen-bond donors (Lipinski definition) is 0. The molecule has 104 valence electrons. The van der Waals surface area contributed by atoms with Crippen LogP contribution in [0.1, 0.15) is 35.0 Å². The van der Waals surface area contributed by atoms with E-state index in [1.807, 2.05) is 18.2 Å². The lowest BCUT2D eigenvalue weighted by Crippen LogP contribution is -2.12. The molecule has 0 fully saturated rings. The second kappa shape index (κ2) is 5.40. The first-order chi connectivity index (χ1) is 9.70. The Morgan fingerprint density at radius 3 is 3.15 bits per heavy atom. The van der Waals surface area contributed by atoms with Crippen molar-refractivity contribution in [2.75, 3.05) is 6.61 Å². The highest BCUT2D eigenvalue weighted by Crippen LogP contribution is 2.28. The summed E-state index contributed by atoms with van der Waals surface area (Å²) in [7, 11) is 0. The fourth-order valence-corrected chi connectivity index (χ4v) is 2.91. The van der Waals surface area contributed by atoms with Gasteiger partial charge in [0.25, 0.3) is 0 Å². The maximum atomic E-state index is 12.7. The Labute approximate surface area is 125 Å². The topological polar surface area (TPSA) is 44.1 Å². The van der Waals surface area contributed by atoms with E-state index in [-0.39, 0.29) is 5.78 Å². The smallest absolute Gasteiger partial charge is 0.212 e. The second-order valence-corrected chi connectivity index (χ2v) is 5.67. The normalized spacial score (nSPS) is 13.1. The molecule has 1 aromatic heterocycles. The zero-order valence-corrected chi connectivity index (χ0v) is 12.8. The largest absolute Gasteiger partial charge is 0.493 e. The van der Waals surface area contributed by atoms with Crippen LogP contribution in [0.4, 0.5) is 0 Å². The Kier molecular flexibility index (Phi) is 3.61. The summed E-state index contributed by atoms with van der Waals surface area (Å²) >= 11 is 3.42. The van der Waals surface area contributed by atoms with E-state index in [2.05, 4.69) is 28.0 Å². The molecule has 2 aromatic rings. The van der Waals surface area contributed by atoms with Crippen molar-refractivity contribution in [1.82, 2.24) is 9.78 Å². The minimum atomic E-state index is -0.00229. The molecule has 5 heteroatoms. The lowest BCUT2D eigenvalue weighted by atomic mass is 10.0. The fourth-order valence-electron chi connectivity index (χ4n) is 2.43. The first kappa shape index (κ1) is 13.4. The third-order valence-corrected chi connectivity index (χ3v) is 3.98. The third kappa shape index (κ3) is 2.26. The van der Waals surface area contributed by atoms with Crippen molar-refractivity contribution in [3.63, 3.8) is 0 Å². The molecule has 0 atom stereocenters. The van der Waals surface area contributed by atoms with Gasteiger partial charge in [0.2, 0.25) is 5.78 Å². The van der Waals surface area contributed by atoms with Gasteiger partial charge in [-0.1, -0.05) is 6.92 Å². The summed E-state index contributed by atoms with van der Waals surface area (Å²) in [5.74, 6) is 0.889. The van der Waals surface area contributed by atoms with E-state index in [9.17, 15) is 4.79 Å². The maximum absolute atomic E-state index is 12.7. The highest BCUT2D eigenvalue weighted by molar-refractivity contribution is 9.10. The zero-order chi connectivity index (χ0) is 14.1. The molecule has 0 aliphatic carbocycles. The van der Waals surface area contributed by atoms with Crippen molar-refractivity contribution in [1.29, 1.82) is 0 Å². The Bertz CT molecular complexity index is 664. The molecule has 0 saturated heterocycles. The summed E-state index contributed by atoms with van der Waals surface area (Å²) in [5, 5.41) is 4.25. The Morgan fingerprint density at radius 2 is 2.35 bits per heavy atom. The Morgan fingerprint density at radius 1 is 1.50 bits per heavy atom. The van der Waals surface area contributed by atoms with Gasteiger partial charge in [0, 0.05) is 18.5 Å². The number of carbonyl (C=O) groups excluding carboxylic acids is 1. The molecule has 0 bridgehead atoms. The molecule has 3 rings (SSSR count). The molecule has 0 spiro atoms. The molecule has 0 saturated carbocycles. The lowest BCUT2D eigenvalue weighted by molar-refractivity contribution is 0.102. The zero-order valence-electron chi connectivity index (χ0n) is 11.2. The summed E-state index contributed by atoms with van der Waals surface area (Å²) in [4.78, 5) is 12.7. The van der Waals surface area contributed by atoms with E-state index >= 15 is 0 Å². The summed E-state index contributed by atoms with van der Waals surface area (Å²) in [6.45, 7) is 3.50. The van der Waals surface area contributed by atoms with Gasteiger partial charge in [-0.05, 0) is 46.1 Å². The van der Waals surface area contributed by atoms with E-state index < -0.39 is 0 Å². The number of carbonyl (C=O) groups is 1. The van der Waals surface area contributed by atoms with E-state index in [1.54, 1.807) is 10.9 Å². The number of rotatable bonds is 4. The first-order valence-corrected chi connectivity index (χ1v) is 7.51. The van der Waals surface area contributed by atoms with Gasteiger partial charge in [0.15, 0.2) is 0 Å². The van der Waals surface area contributed by atoms with Crippen LogP contribution >= 0.6 is 15.9 Å². The summed E-state index contributed by atoms with van der Waals surface area (Å²) in [6, 6.07) is 5.63. The standard InChI is InChI=1S/C15H15BrN2O2/c1-2-6-18-14(12(16)9-17-18)15(19)11-3-4-13-10(8-11)5-7-20-13/h3-4,8-9H,2,5-7H2,1H3. The number of fused-ring (bicyclic) bond motifs is 1. The van der Waals surface area contributed by atoms with Gasteiger partial charge in [-0.3, -0.25) is 9.48 Å². The average Bonchev–Trinajstić information content (AvgIpc) is 3.04. The van der Waals surface area contributed by atoms with E-state index in [4.69, 9.17) is 4.74 Å². The summed E-state index contributed by atoms with van der Waals surface area (Å²) in [6.07, 6.45) is 3.48. The highest BCUT2D eigenvalue weighted by Gasteiger charge is 2.21. The van der Waals surface area contributed by atoms with Crippen LogP contribution in [0.2, 0.25) is 0 Å². The van der Waals surface area contributed by atoms with E-state index in [0.29, 0.717) is 17.9 Å². The lowest BCUT2D eigenvalue weighted by Gasteiger charge is -2.07. The number of aryl methyl sites for hydroxylation is 1. The number of ether oxygens (including phenoxy) is 1. The van der Waals surface area contributed by atoms with Crippen molar-refractivity contribution >= 4 is 21.7 Å². The van der Waals surface area contributed by atoms with Crippen LogP contribution in [-0.4, -0.2) is 22.2 Å². The van der Waals surface area contributed by atoms with Gasteiger partial charge >= 0.3 is 0 Å². The van der Waals surface area contributed by atoms with E-state index in [0.717, 1.165) is 35.2 Å². The summed E-state index contributed by atoms with van der Waals surface area (Å²) < 4.78 is 7.98. The highest BCUT2D eigenvalue weighted by atomic mass is 79.9. The molecule has 4 nitrogen and oxygen atoms in total. The van der Waals surface area contributed by atoms with Gasteiger partial charge in [0.1, 0.15) is 11.4 Å². The molecule has 1 aliphatic rings. The van der Waals surface area contributed by atoms with Gasteiger partial charge in [-0.2, -0.15) is 5.10 Å². The molecule has 1 aliphatic heterocycles. The predicted molar refractivity (Wildman–Crippen MR) is 79.3 cm³/mol. The number of aromatic nitrogens is 2. The number of hydrogen-bond acceptors (Lipinski definition) is 3. The SMILES string of the molecule is CCCn1ncc(Br)c1C(=O)c1ccc2c(c1)CCO2. The molecule has 0 unspecified atom stereocenters. The molecular formula is C15H15BrN2O2. The van der Waals surface area contributed by atoms with Crippen molar-refractivity contribution in [3.8, 4) is 5.75 Å². The van der Waals surface area contributed by atoms with Gasteiger partial charge < -0.3 is 4.74 Å². The van der Waals surface area contributed by atoms with Crippen molar-refractivity contribution in [3.05, 3.63) is 45.7 Å². The second-order valence-electron chi connectivity index (χ2n) is 4.81. The van der Waals surface area contributed by atoms with Gasteiger partial charge in [0.05, 0.1) is 17.3 Å². The van der Waals surface area contributed by atoms with Crippen molar-refractivity contribution < 1.29 is 9.53 Å². The van der Waals surface area contributed by atoms with E-state index in [1.165, 1.54) is 0 Å². The Balaban J connectivity index is 1.98. The van der Waals surface area contributed by atoms with Crippen LogP contribution < -0.4 is 4.74 Å². The van der Waals surface area contributed by atoms with Crippen LogP contribution in [0.5, 0.6) is 5.75 Å². The summed E-state index contributed by atoms with van der Waals surface area (Å²) in [5.41, 5.74) is 2.41. The molecule has 0 N–H and O–H groups in total. The van der Waals surface area contributed by atoms with Crippen LogP contribution in [0.3, 0.4) is 0 Å². The number of nitrogens with zero attached hydrogens (tertiary/aromatic N) is 2.